The van der Waals surface area contributed by atoms with E-state index in [-0.39, 0.29) is 5.78 Å². The van der Waals surface area contributed by atoms with Crippen molar-refractivity contribution in [3.63, 3.8) is 0 Å². The largest absolute Gasteiger partial charge is 0.457 e. The van der Waals surface area contributed by atoms with Crippen molar-refractivity contribution < 1.29 is 9.21 Å². The van der Waals surface area contributed by atoms with Crippen LogP contribution in [0.15, 0.2) is 32.9 Å². The summed E-state index contributed by atoms with van der Waals surface area (Å²) in [6.45, 7) is 1.98. The zero-order valence-electron chi connectivity index (χ0n) is 7.41. The summed E-state index contributed by atoms with van der Waals surface area (Å²) in [6, 6.07) is 3.56. The van der Waals surface area contributed by atoms with Crippen molar-refractivity contribution >= 4 is 33.0 Å². The van der Waals surface area contributed by atoms with Gasteiger partial charge in [0.1, 0.15) is 6.26 Å². The van der Waals surface area contributed by atoms with Crippen LogP contribution in [0.5, 0.6) is 0 Å². The lowest BCUT2D eigenvalue weighted by atomic mass is 10.1. The first-order chi connectivity index (χ1) is 6.66. The Bertz CT molecular complexity index is 428. The second-order valence-electron chi connectivity index (χ2n) is 2.91. The fourth-order valence-corrected chi connectivity index (χ4v) is 2.18. The standard InChI is InChI=1S/C10H7BrO2S/c1-6-2-8(5-14-6)10(12)7-3-9(11)13-4-7/h2-5H,1H3. The van der Waals surface area contributed by atoms with E-state index < -0.39 is 0 Å². The van der Waals surface area contributed by atoms with Crippen molar-refractivity contribution in [1.29, 1.82) is 0 Å². The summed E-state index contributed by atoms with van der Waals surface area (Å²) in [4.78, 5) is 12.9. The van der Waals surface area contributed by atoms with Gasteiger partial charge in [-0.3, -0.25) is 4.79 Å². The van der Waals surface area contributed by atoms with Gasteiger partial charge in [0.25, 0.3) is 0 Å². The second kappa shape index (κ2) is 3.71. The zero-order chi connectivity index (χ0) is 10.1. The van der Waals surface area contributed by atoms with E-state index in [4.69, 9.17) is 4.42 Å². The minimum atomic E-state index is 0.00352. The first kappa shape index (κ1) is 9.68. The molecule has 0 amide bonds. The highest BCUT2D eigenvalue weighted by Gasteiger charge is 2.12. The smallest absolute Gasteiger partial charge is 0.197 e. The van der Waals surface area contributed by atoms with E-state index in [0.29, 0.717) is 10.2 Å². The third-order valence-corrected chi connectivity index (χ3v) is 3.10. The normalized spacial score (nSPS) is 10.4. The molecule has 0 bridgehead atoms. The highest BCUT2D eigenvalue weighted by Crippen LogP contribution is 2.20. The van der Waals surface area contributed by atoms with Crippen molar-refractivity contribution in [2.45, 2.75) is 6.92 Å². The molecule has 0 aromatic carbocycles. The van der Waals surface area contributed by atoms with Gasteiger partial charge in [-0.05, 0) is 28.9 Å². The van der Waals surface area contributed by atoms with Crippen LogP contribution in [0.3, 0.4) is 0 Å². The highest BCUT2D eigenvalue weighted by molar-refractivity contribution is 9.10. The number of hydrogen-bond donors (Lipinski definition) is 0. The lowest BCUT2D eigenvalue weighted by Gasteiger charge is -1.90. The maximum absolute atomic E-state index is 11.8. The molecule has 2 nitrogen and oxygen atoms in total. The predicted octanol–water partition coefficient (Wildman–Crippen LogP) is 3.64. The first-order valence-corrected chi connectivity index (χ1v) is 5.68. The van der Waals surface area contributed by atoms with Crippen molar-refractivity contribution in [2.75, 3.05) is 0 Å². The van der Waals surface area contributed by atoms with Gasteiger partial charge in [0.2, 0.25) is 0 Å². The Morgan fingerprint density at radius 2 is 2.21 bits per heavy atom. The van der Waals surface area contributed by atoms with E-state index in [1.165, 1.54) is 6.26 Å². The number of aryl methyl sites for hydroxylation is 1. The van der Waals surface area contributed by atoms with Gasteiger partial charge >= 0.3 is 0 Å². The Balaban J connectivity index is 2.33. The predicted molar refractivity (Wildman–Crippen MR) is 58.9 cm³/mol. The molecular formula is C10H7BrO2S. The molecule has 2 heterocycles. The van der Waals surface area contributed by atoms with Gasteiger partial charge in [-0.1, -0.05) is 0 Å². The third-order valence-electron chi connectivity index (χ3n) is 1.82. The van der Waals surface area contributed by atoms with E-state index in [2.05, 4.69) is 15.9 Å². The van der Waals surface area contributed by atoms with E-state index in [1.54, 1.807) is 17.4 Å². The summed E-state index contributed by atoms with van der Waals surface area (Å²) in [5, 5.41) is 1.86. The topological polar surface area (TPSA) is 30.2 Å². The molecule has 2 rings (SSSR count). The molecule has 2 aromatic rings. The average Bonchev–Trinajstić information content (AvgIpc) is 2.73. The van der Waals surface area contributed by atoms with Crippen LogP contribution in [0.1, 0.15) is 20.8 Å². The Morgan fingerprint density at radius 1 is 1.43 bits per heavy atom. The number of ketones is 1. The van der Waals surface area contributed by atoms with E-state index >= 15 is 0 Å². The maximum Gasteiger partial charge on any atom is 0.197 e. The zero-order valence-corrected chi connectivity index (χ0v) is 9.81. The van der Waals surface area contributed by atoms with Gasteiger partial charge in [-0.15, -0.1) is 11.3 Å². The van der Waals surface area contributed by atoms with Crippen LogP contribution in [0.2, 0.25) is 0 Å². The highest BCUT2D eigenvalue weighted by atomic mass is 79.9. The number of carbonyl (C=O) groups is 1. The lowest BCUT2D eigenvalue weighted by Crippen LogP contribution is -1.96. The van der Waals surface area contributed by atoms with Gasteiger partial charge in [-0.2, -0.15) is 0 Å². The molecule has 72 valence electrons. The molecule has 0 saturated carbocycles. The molecule has 0 aliphatic rings. The van der Waals surface area contributed by atoms with Crippen molar-refractivity contribution in [2.24, 2.45) is 0 Å². The molecule has 0 atom stereocenters. The van der Waals surface area contributed by atoms with Gasteiger partial charge in [0.15, 0.2) is 10.5 Å². The van der Waals surface area contributed by atoms with Gasteiger partial charge in [0, 0.05) is 21.9 Å². The summed E-state index contributed by atoms with van der Waals surface area (Å²) in [5.41, 5.74) is 1.30. The van der Waals surface area contributed by atoms with Gasteiger partial charge in [0.05, 0.1) is 5.56 Å². The lowest BCUT2D eigenvalue weighted by molar-refractivity contribution is 0.103. The first-order valence-electron chi connectivity index (χ1n) is 4.00. The van der Waals surface area contributed by atoms with Gasteiger partial charge < -0.3 is 4.42 Å². The summed E-state index contributed by atoms with van der Waals surface area (Å²) >= 11 is 4.73. The molecule has 0 aliphatic heterocycles. The molecule has 2 aromatic heterocycles. The summed E-state index contributed by atoms with van der Waals surface area (Å²) in [6.07, 6.45) is 1.46. The third kappa shape index (κ3) is 1.81. The molecule has 0 unspecified atom stereocenters. The Labute approximate surface area is 93.7 Å². The Hall–Kier alpha value is -0.870. The molecule has 0 spiro atoms. The Kier molecular flexibility index (Phi) is 2.56. The van der Waals surface area contributed by atoms with Gasteiger partial charge in [-0.25, -0.2) is 0 Å². The van der Waals surface area contributed by atoms with Crippen LogP contribution in [0.4, 0.5) is 0 Å². The van der Waals surface area contributed by atoms with Crippen LogP contribution in [-0.2, 0) is 0 Å². The SMILES string of the molecule is Cc1cc(C(=O)c2coc(Br)c2)cs1. The fraction of sp³-hybridized carbons (Fsp3) is 0.100. The average molecular weight is 271 g/mol. The molecule has 0 radical (unpaired) electrons. The van der Waals surface area contributed by atoms with Crippen LogP contribution in [-0.4, -0.2) is 5.78 Å². The minimum Gasteiger partial charge on any atom is -0.457 e. The monoisotopic (exact) mass is 270 g/mol. The molecular weight excluding hydrogens is 264 g/mol. The fourth-order valence-electron chi connectivity index (χ4n) is 1.16. The number of carbonyl (C=O) groups excluding carboxylic acids is 1. The molecule has 14 heavy (non-hydrogen) atoms. The number of thiophene rings is 1. The Morgan fingerprint density at radius 3 is 2.71 bits per heavy atom. The summed E-state index contributed by atoms with van der Waals surface area (Å²) in [7, 11) is 0. The number of furan rings is 1. The molecule has 0 N–H and O–H groups in total. The van der Waals surface area contributed by atoms with Crippen molar-refractivity contribution in [1.82, 2.24) is 0 Å². The molecule has 0 saturated heterocycles. The van der Waals surface area contributed by atoms with Crippen molar-refractivity contribution in [3.05, 3.63) is 44.4 Å². The van der Waals surface area contributed by atoms with Crippen LogP contribution < -0.4 is 0 Å². The summed E-state index contributed by atoms with van der Waals surface area (Å²) in [5.74, 6) is 0.00352. The quantitative estimate of drug-likeness (QED) is 0.780. The van der Waals surface area contributed by atoms with E-state index in [0.717, 1.165) is 10.4 Å². The van der Waals surface area contributed by atoms with Crippen LogP contribution in [0, 0.1) is 6.92 Å². The maximum atomic E-state index is 11.8. The molecule has 0 aliphatic carbocycles. The summed E-state index contributed by atoms with van der Waals surface area (Å²) < 4.78 is 5.59. The molecule has 0 fully saturated rings. The van der Waals surface area contributed by atoms with Crippen molar-refractivity contribution in [3.8, 4) is 0 Å². The second-order valence-corrected chi connectivity index (χ2v) is 4.81. The minimum absolute atomic E-state index is 0.00352. The van der Waals surface area contributed by atoms with Crippen LogP contribution in [0.25, 0.3) is 0 Å². The molecule has 4 heteroatoms. The number of rotatable bonds is 2. The van der Waals surface area contributed by atoms with E-state index in [9.17, 15) is 4.79 Å². The van der Waals surface area contributed by atoms with Crippen LogP contribution >= 0.6 is 27.3 Å². The van der Waals surface area contributed by atoms with E-state index in [1.807, 2.05) is 18.4 Å². The number of hydrogen-bond acceptors (Lipinski definition) is 3. The number of halogens is 1.